The van der Waals surface area contributed by atoms with Gasteiger partial charge in [0.15, 0.2) is 0 Å². The second-order valence-corrected chi connectivity index (χ2v) is 8.73. The zero-order valence-electron chi connectivity index (χ0n) is 21.1. The van der Waals surface area contributed by atoms with Crippen molar-refractivity contribution in [3.05, 3.63) is 73.6 Å². The van der Waals surface area contributed by atoms with E-state index in [4.69, 9.17) is 20.2 Å². The summed E-state index contributed by atoms with van der Waals surface area (Å²) in [5, 5.41) is 6.92. The van der Waals surface area contributed by atoms with Crippen LogP contribution in [0.5, 0.6) is 5.75 Å². The number of aromatic nitrogens is 3. The number of carbonyl (C=O) groups excluding carboxylic acids is 1. The number of nitrogens with two attached hydrogens (primary N) is 1. The zero-order chi connectivity index (χ0) is 26.5. The van der Waals surface area contributed by atoms with Gasteiger partial charge in [-0.2, -0.15) is 0 Å². The molecule has 0 bridgehead atoms. The lowest BCUT2D eigenvalue weighted by molar-refractivity contribution is -0.111. The van der Waals surface area contributed by atoms with E-state index in [-0.39, 0.29) is 11.9 Å². The highest BCUT2D eigenvalue weighted by atomic mass is 16.5. The van der Waals surface area contributed by atoms with Crippen molar-refractivity contribution in [2.75, 3.05) is 48.9 Å². The van der Waals surface area contributed by atoms with Gasteiger partial charge in [-0.3, -0.25) is 9.78 Å². The molecular weight excluding hydrogens is 482 g/mol. The number of methoxy groups -OCH3 is 1. The predicted octanol–water partition coefficient (Wildman–Crippen LogP) is 3.73. The molecule has 1 fully saturated rings. The summed E-state index contributed by atoms with van der Waals surface area (Å²) in [5.74, 6) is 0.786. The highest BCUT2D eigenvalue weighted by molar-refractivity contribution is 5.99. The second-order valence-electron chi connectivity index (χ2n) is 8.73. The number of nitrogens with zero attached hydrogens (tertiary/aromatic N) is 4. The number of morpholine rings is 1. The number of hydrogen-bond donors (Lipinski definition) is 3. The third-order valence-electron chi connectivity index (χ3n) is 6.36. The van der Waals surface area contributed by atoms with E-state index in [1.165, 1.54) is 6.08 Å². The van der Waals surface area contributed by atoms with Crippen molar-refractivity contribution in [3.63, 3.8) is 0 Å². The fourth-order valence-corrected chi connectivity index (χ4v) is 4.44. The van der Waals surface area contributed by atoms with Crippen molar-refractivity contribution in [2.45, 2.75) is 6.04 Å². The lowest BCUT2D eigenvalue weighted by Crippen LogP contribution is -2.49. The topological polar surface area (TPSA) is 128 Å². The van der Waals surface area contributed by atoms with Gasteiger partial charge in [0, 0.05) is 53.9 Å². The maximum atomic E-state index is 11.8. The number of pyridine rings is 1. The minimum Gasteiger partial charge on any atom is -0.494 e. The average Bonchev–Trinajstić information content (AvgIpc) is 2.97. The quantitative estimate of drug-likeness (QED) is 0.303. The summed E-state index contributed by atoms with van der Waals surface area (Å²) in [5.41, 5.74) is 10.5. The summed E-state index contributed by atoms with van der Waals surface area (Å²) in [6.07, 6.45) is 4.63. The minimum atomic E-state index is -0.291. The van der Waals surface area contributed by atoms with E-state index in [9.17, 15) is 4.79 Å². The van der Waals surface area contributed by atoms with Crippen LogP contribution in [0.15, 0.2) is 73.6 Å². The number of carbonyl (C=O) groups is 1. The lowest BCUT2D eigenvalue weighted by atomic mass is 10.1. The monoisotopic (exact) mass is 511 g/mol. The molecule has 10 nitrogen and oxygen atoms in total. The molecular formula is C28H29N7O3. The third kappa shape index (κ3) is 5.26. The molecule has 10 heteroatoms. The van der Waals surface area contributed by atoms with Crippen LogP contribution in [0.25, 0.3) is 22.2 Å². The van der Waals surface area contributed by atoms with Crippen LogP contribution in [0.3, 0.4) is 0 Å². The average molecular weight is 512 g/mol. The minimum absolute atomic E-state index is 0.117. The van der Waals surface area contributed by atoms with Crippen LogP contribution >= 0.6 is 0 Å². The van der Waals surface area contributed by atoms with Crippen LogP contribution in [-0.2, 0) is 9.53 Å². The number of anilines is 4. The van der Waals surface area contributed by atoms with Gasteiger partial charge in [0.05, 0.1) is 43.3 Å². The smallest absolute Gasteiger partial charge is 0.247 e. The van der Waals surface area contributed by atoms with E-state index in [1.807, 2.05) is 36.4 Å². The molecule has 1 unspecified atom stereocenters. The molecule has 5 rings (SSSR count). The Morgan fingerprint density at radius 2 is 2.16 bits per heavy atom. The number of fused-ring (bicyclic) bond motifs is 1. The molecule has 1 aliphatic rings. The number of amides is 1. The Morgan fingerprint density at radius 3 is 2.97 bits per heavy atom. The van der Waals surface area contributed by atoms with Gasteiger partial charge >= 0.3 is 0 Å². The number of ether oxygens (including phenoxy) is 2. The van der Waals surface area contributed by atoms with Gasteiger partial charge in [-0.25, -0.2) is 9.97 Å². The molecule has 0 spiro atoms. The Hall–Kier alpha value is -4.54. The van der Waals surface area contributed by atoms with Gasteiger partial charge in [-0.05, 0) is 30.3 Å². The Morgan fingerprint density at radius 1 is 1.26 bits per heavy atom. The standard InChI is InChI=1S/C28H29N7O3/c1-3-26(36)32-19-9-10-30-24(13-19)22-6-4-5-18-16-31-28(34-27(18)22)33-23-8-7-20(14-25(23)37-2)35-11-12-38-17-21(35)15-29/h3-10,13-14,16,21H,1,11-12,15,17,29H2,2H3,(H,30,32,36)(H,31,33,34). The summed E-state index contributed by atoms with van der Waals surface area (Å²) < 4.78 is 11.3. The normalized spacial score (nSPS) is 15.2. The van der Waals surface area contributed by atoms with Crippen molar-refractivity contribution in [3.8, 4) is 17.0 Å². The fourth-order valence-electron chi connectivity index (χ4n) is 4.44. The summed E-state index contributed by atoms with van der Waals surface area (Å²) in [7, 11) is 1.63. The van der Waals surface area contributed by atoms with Gasteiger partial charge in [-0.15, -0.1) is 0 Å². The van der Waals surface area contributed by atoms with Crippen LogP contribution in [0, 0.1) is 0 Å². The van der Waals surface area contributed by atoms with Gasteiger partial charge in [0.25, 0.3) is 0 Å². The number of hydrogen-bond acceptors (Lipinski definition) is 9. The molecule has 2 aromatic carbocycles. The molecule has 4 N–H and O–H groups in total. The predicted molar refractivity (Wildman–Crippen MR) is 149 cm³/mol. The van der Waals surface area contributed by atoms with Crippen LogP contribution in [0.4, 0.5) is 23.0 Å². The number of rotatable bonds is 8. The zero-order valence-corrected chi connectivity index (χ0v) is 21.1. The van der Waals surface area contributed by atoms with E-state index in [2.05, 4.69) is 32.1 Å². The summed E-state index contributed by atoms with van der Waals surface area (Å²) in [4.78, 5) is 27.8. The largest absolute Gasteiger partial charge is 0.494 e. The second kappa shape index (κ2) is 11.2. The first-order chi connectivity index (χ1) is 18.6. The number of benzene rings is 2. The number of nitrogens with one attached hydrogen (secondary N) is 2. The molecule has 2 aromatic heterocycles. The van der Waals surface area contributed by atoms with Crippen molar-refractivity contribution in [2.24, 2.45) is 5.73 Å². The summed E-state index contributed by atoms with van der Waals surface area (Å²) in [6, 6.07) is 15.4. The van der Waals surface area contributed by atoms with Gasteiger partial charge in [0.2, 0.25) is 11.9 Å². The fraction of sp³-hybridized carbons (Fsp3) is 0.214. The van der Waals surface area contributed by atoms with E-state index >= 15 is 0 Å². The maximum Gasteiger partial charge on any atom is 0.247 e. The first kappa shape index (κ1) is 25.1. The van der Waals surface area contributed by atoms with E-state index in [1.54, 1.807) is 31.6 Å². The Bertz CT molecular complexity index is 1480. The Kier molecular flexibility index (Phi) is 7.43. The third-order valence-corrected chi connectivity index (χ3v) is 6.36. The van der Waals surface area contributed by atoms with Crippen molar-refractivity contribution < 1.29 is 14.3 Å². The SMILES string of the molecule is C=CC(=O)Nc1ccnc(-c2cccc3cnc(Nc4ccc(N5CCOCC5CN)cc4OC)nc23)c1. The lowest BCUT2D eigenvalue weighted by Gasteiger charge is -2.37. The highest BCUT2D eigenvalue weighted by Gasteiger charge is 2.23. The Balaban J connectivity index is 1.46. The Labute approximate surface area is 220 Å². The molecule has 0 aliphatic carbocycles. The number of para-hydroxylation sites is 1. The summed E-state index contributed by atoms with van der Waals surface area (Å²) in [6.45, 7) is 6.03. The first-order valence-electron chi connectivity index (χ1n) is 12.2. The van der Waals surface area contributed by atoms with E-state index in [0.29, 0.717) is 42.8 Å². The molecule has 1 aliphatic heterocycles. The van der Waals surface area contributed by atoms with E-state index < -0.39 is 0 Å². The molecule has 1 amide bonds. The molecule has 0 radical (unpaired) electrons. The van der Waals surface area contributed by atoms with Crippen molar-refractivity contribution in [1.82, 2.24) is 15.0 Å². The van der Waals surface area contributed by atoms with Gasteiger partial charge in [-0.1, -0.05) is 24.8 Å². The molecule has 3 heterocycles. The van der Waals surface area contributed by atoms with Crippen molar-refractivity contribution >= 4 is 39.8 Å². The van der Waals surface area contributed by atoms with Crippen molar-refractivity contribution in [1.29, 1.82) is 0 Å². The van der Waals surface area contributed by atoms with E-state index in [0.717, 1.165) is 34.4 Å². The highest BCUT2D eigenvalue weighted by Crippen LogP contribution is 2.34. The van der Waals surface area contributed by atoms with Crippen LogP contribution in [0.1, 0.15) is 0 Å². The summed E-state index contributed by atoms with van der Waals surface area (Å²) >= 11 is 0. The van der Waals surface area contributed by atoms with Crippen LogP contribution < -0.4 is 26.0 Å². The molecule has 1 saturated heterocycles. The molecule has 4 aromatic rings. The molecule has 0 saturated carbocycles. The first-order valence-corrected chi connectivity index (χ1v) is 12.2. The maximum absolute atomic E-state index is 11.8. The van der Waals surface area contributed by atoms with Gasteiger partial charge in [0.1, 0.15) is 5.75 Å². The van der Waals surface area contributed by atoms with Gasteiger partial charge < -0.3 is 30.7 Å². The molecule has 1 atom stereocenters. The van der Waals surface area contributed by atoms with Crippen LogP contribution in [-0.4, -0.2) is 60.3 Å². The molecule has 194 valence electrons. The van der Waals surface area contributed by atoms with Crippen LogP contribution in [0.2, 0.25) is 0 Å². The molecule has 38 heavy (non-hydrogen) atoms.